The van der Waals surface area contributed by atoms with Crippen molar-refractivity contribution in [2.45, 2.75) is 12.5 Å². The number of aromatic amines is 1. The summed E-state index contributed by atoms with van der Waals surface area (Å²) in [4.78, 5) is 16.8. The Hall–Kier alpha value is -3.97. The van der Waals surface area contributed by atoms with E-state index in [0.717, 1.165) is 27.8 Å². The second-order valence-corrected chi connectivity index (χ2v) is 10.4. The van der Waals surface area contributed by atoms with E-state index < -0.39 is 0 Å². The molecule has 2 N–H and O–H groups in total. The van der Waals surface area contributed by atoms with E-state index in [9.17, 15) is 4.79 Å². The number of H-pyrrole nitrogens is 1. The standard InChI is InChI=1S/C31H22Cl2N4OS/c32-20-15-16-23-25(17-20)35-30(38)29(28(23)19-9-3-1-4-10-19)26-18-27(22-13-7-8-14-24(22)33)37(36-26)31(39)34-21-11-5-2-6-12-21/h1-17,27H,18H2,(H,34,39)(H,35,38)/t27-/m0/s1. The molecule has 39 heavy (non-hydrogen) atoms. The van der Waals surface area contributed by atoms with Gasteiger partial charge in [-0.15, -0.1) is 0 Å². The molecule has 0 radical (unpaired) electrons. The largest absolute Gasteiger partial charge is 0.331 e. The molecule has 6 rings (SSSR count). The van der Waals surface area contributed by atoms with Gasteiger partial charge in [-0.1, -0.05) is 96.0 Å². The lowest BCUT2D eigenvalue weighted by Gasteiger charge is -2.25. The number of thiocarbonyl (C=S) groups is 1. The zero-order valence-corrected chi connectivity index (χ0v) is 22.9. The molecular formula is C31H22Cl2N4OS. The Morgan fingerprint density at radius 3 is 2.33 bits per heavy atom. The number of para-hydroxylation sites is 1. The van der Waals surface area contributed by atoms with Gasteiger partial charge in [-0.3, -0.25) is 4.79 Å². The second-order valence-electron chi connectivity index (χ2n) is 9.19. The summed E-state index contributed by atoms with van der Waals surface area (Å²) < 4.78 is 0. The summed E-state index contributed by atoms with van der Waals surface area (Å²) in [6.07, 6.45) is 0.433. The number of aromatic nitrogens is 1. The Bertz CT molecular complexity index is 1790. The van der Waals surface area contributed by atoms with E-state index in [1.54, 1.807) is 11.1 Å². The van der Waals surface area contributed by atoms with Crippen molar-refractivity contribution in [2.75, 3.05) is 5.32 Å². The smallest absolute Gasteiger partial charge is 0.258 e. The lowest BCUT2D eigenvalue weighted by atomic mass is 9.91. The highest BCUT2D eigenvalue weighted by atomic mass is 35.5. The van der Waals surface area contributed by atoms with Gasteiger partial charge in [-0.2, -0.15) is 5.10 Å². The quantitative estimate of drug-likeness (QED) is 0.215. The van der Waals surface area contributed by atoms with Crippen LogP contribution in [-0.4, -0.2) is 20.8 Å². The number of halogens is 2. The van der Waals surface area contributed by atoms with Crippen LogP contribution in [-0.2, 0) is 0 Å². The number of fused-ring (bicyclic) bond motifs is 1. The summed E-state index contributed by atoms with van der Waals surface area (Å²) in [6.45, 7) is 0. The van der Waals surface area contributed by atoms with Gasteiger partial charge in [-0.05, 0) is 53.7 Å². The van der Waals surface area contributed by atoms with Gasteiger partial charge in [0.1, 0.15) is 0 Å². The molecule has 0 fully saturated rings. The maximum absolute atomic E-state index is 13.7. The van der Waals surface area contributed by atoms with Crippen LogP contribution < -0.4 is 10.9 Å². The van der Waals surface area contributed by atoms with Crippen LogP contribution in [0.3, 0.4) is 0 Å². The molecule has 1 aliphatic heterocycles. The first kappa shape index (κ1) is 25.3. The van der Waals surface area contributed by atoms with Gasteiger partial charge in [0.2, 0.25) is 0 Å². The molecule has 0 amide bonds. The van der Waals surface area contributed by atoms with Crippen molar-refractivity contribution < 1.29 is 0 Å². The lowest BCUT2D eigenvalue weighted by Crippen LogP contribution is -2.31. The van der Waals surface area contributed by atoms with Crippen molar-refractivity contribution in [3.05, 3.63) is 135 Å². The second kappa shape index (κ2) is 10.7. The van der Waals surface area contributed by atoms with Crippen molar-refractivity contribution in [2.24, 2.45) is 5.10 Å². The summed E-state index contributed by atoms with van der Waals surface area (Å²) in [5.74, 6) is 0. The number of anilines is 1. The summed E-state index contributed by atoms with van der Waals surface area (Å²) in [5, 5.41) is 12.4. The number of nitrogens with zero attached hydrogens (tertiary/aromatic N) is 2. The highest BCUT2D eigenvalue weighted by molar-refractivity contribution is 7.80. The minimum atomic E-state index is -0.304. The Kier molecular flexibility index (Phi) is 6.92. The van der Waals surface area contributed by atoms with Crippen molar-refractivity contribution in [3.63, 3.8) is 0 Å². The van der Waals surface area contributed by atoms with E-state index in [0.29, 0.717) is 38.4 Å². The maximum atomic E-state index is 13.7. The molecule has 5 aromatic rings. The molecule has 4 aromatic carbocycles. The van der Waals surface area contributed by atoms with Crippen molar-refractivity contribution in [1.82, 2.24) is 9.99 Å². The highest BCUT2D eigenvalue weighted by Crippen LogP contribution is 2.39. The summed E-state index contributed by atoms with van der Waals surface area (Å²) in [5.41, 5.74) is 4.96. The van der Waals surface area contributed by atoms with Crippen LogP contribution in [0.2, 0.25) is 10.0 Å². The molecule has 0 aliphatic carbocycles. The molecule has 1 aliphatic rings. The van der Waals surface area contributed by atoms with Crippen LogP contribution in [0.5, 0.6) is 0 Å². The topological polar surface area (TPSA) is 60.5 Å². The number of rotatable bonds is 4. The third kappa shape index (κ3) is 4.94. The first-order valence-electron chi connectivity index (χ1n) is 12.4. The van der Waals surface area contributed by atoms with E-state index in [-0.39, 0.29) is 11.6 Å². The molecule has 2 heterocycles. The SMILES string of the molecule is O=c1[nH]c2cc(Cl)ccc2c(-c2ccccc2)c1C1=NN(C(=S)Nc2ccccc2)[C@H](c2ccccc2Cl)C1. The minimum Gasteiger partial charge on any atom is -0.331 e. The van der Waals surface area contributed by atoms with E-state index in [4.69, 9.17) is 40.5 Å². The number of hydrazone groups is 1. The molecule has 0 unspecified atom stereocenters. The van der Waals surface area contributed by atoms with Crippen LogP contribution in [0.1, 0.15) is 23.6 Å². The average Bonchev–Trinajstić information content (AvgIpc) is 3.38. The molecule has 8 heteroatoms. The van der Waals surface area contributed by atoms with Crippen molar-refractivity contribution >= 4 is 62.8 Å². The third-order valence-corrected chi connectivity index (χ3v) is 7.60. The predicted octanol–water partition coefficient (Wildman–Crippen LogP) is 8.05. The van der Waals surface area contributed by atoms with Gasteiger partial charge in [0.15, 0.2) is 5.11 Å². The zero-order chi connectivity index (χ0) is 26.9. The molecule has 0 bridgehead atoms. The molecule has 0 spiro atoms. The Balaban J connectivity index is 1.53. The summed E-state index contributed by atoms with van der Waals surface area (Å²) in [7, 11) is 0. The van der Waals surface area contributed by atoms with Crippen LogP contribution in [0.4, 0.5) is 5.69 Å². The predicted molar refractivity (Wildman–Crippen MR) is 165 cm³/mol. The van der Waals surface area contributed by atoms with Crippen molar-refractivity contribution in [3.8, 4) is 11.1 Å². The summed E-state index contributed by atoms with van der Waals surface area (Å²) in [6, 6.07) is 32.4. The van der Waals surface area contributed by atoms with Gasteiger partial charge >= 0.3 is 0 Å². The molecule has 192 valence electrons. The minimum absolute atomic E-state index is 0.246. The number of benzene rings is 4. The number of pyridine rings is 1. The van der Waals surface area contributed by atoms with Crippen LogP contribution >= 0.6 is 35.4 Å². The van der Waals surface area contributed by atoms with Crippen LogP contribution in [0, 0.1) is 0 Å². The van der Waals surface area contributed by atoms with Gasteiger partial charge in [0.05, 0.1) is 22.8 Å². The van der Waals surface area contributed by atoms with E-state index in [1.807, 2.05) is 97.1 Å². The fraction of sp³-hybridized carbons (Fsp3) is 0.0645. The first-order chi connectivity index (χ1) is 19.0. The van der Waals surface area contributed by atoms with E-state index >= 15 is 0 Å². The first-order valence-corrected chi connectivity index (χ1v) is 13.5. The Morgan fingerprint density at radius 2 is 1.59 bits per heavy atom. The molecule has 0 saturated carbocycles. The van der Waals surface area contributed by atoms with E-state index in [1.165, 1.54) is 0 Å². The van der Waals surface area contributed by atoms with Gasteiger partial charge in [-0.25, -0.2) is 5.01 Å². The third-order valence-electron chi connectivity index (χ3n) is 6.73. The fourth-order valence-electron chi connectivity index (χ4n) is 4.99. The van der Waals surface area contributed by atoms with E-state index in [2.05, 4.69) is 10.3 Å². The highest BCUT2D eigenvalue weighted by Gasteiger charge is 2.35. The fourth-order valence-corrected chi connectivity index (χ4v) is 5.71. The van der Waals surface area contributed by atoms with Gasteiger partial charge in [0.25, 0.3) is 5.56 Å². The Labute approximate surface area is 240 Å². The monoisotopic (exact) mass is 568 g/mol. The van der Waals surface area contributed by atoms with Crippen LogP contribution in [0.15, 0.2) is 113 Å². The van der Waals surface area contributed by atoms with Crippen molar-refractivity contribution in [1.29, 1.82) is 0 Å². The number of hydrogen-bond donors (Lipinski definition) is 2. The van der Waals surface area contributed by atoms with Gasteiger partial charge < -0.3 is 10.3 Å². The van der Waals surface area contributed by atoms with Crippen LogP contribution in [0.25, 0.3) is 22.0 Å². The maximum Gasteiger partial charge on any atom is 0.258 e. The summed E-state index contributed by atoms with van der Waals surface area (Å²) >= 11 is 18.8. The molecular weight excluding hydrogens is 547 g/mol. The molecule has 1 atom stereocenters. The number of nitrogens with one attached hydrogen (secondary N) is 2. The molecule has 5 nitrogen and oxygen atoms in total. The lowest BCUT2D eigenvalue weighted by molar-refractivity contribution is 0.375. The Morgan fingerprint density at radius 1 is 0.897 bits per heavy atom. The normalized spacial score (nSPS) is 14.9. The molecule has 0 saturated heterocycles. The molecule has 1 aromatic heterocycles. The zero-order valence-electron chi connectivity index (χ0n) is 20.6. The number of hydrogen-bond acceptors (Lipinski definition) is 3. The van der Waals surface area contributed by atoms with Gasteiger partial charge in [0, 0.05) is 33.1 Å². The average molecular weight is 570 g/mol.